The molecule has 1 aromatic carbocycles. The van der Waals surface area contributed by atoms with Crippen LogP contribution in [-0.4, -0.2) is 57.7 Å². The average Bonchev–Trinajstić information content (AvgIpc) is 3.06. The Hall–Kier alpha value is -2.38. The lowest BCUT2D eigenvalue weighted by atomic mass is 9.94. The molecule has 0 bridgehead atoms. The van der Waals surface area contributed by atoms with Crippen molar-refractivity contribution in [3.05, 3.63) is 46.1 Å². The topological polar surface area (TPSA) is 70.6 Å². The number of rotatable bonds is 6. The summed E-state index contributed by atoms with van der Waals surface area (Å²) in [6, 6.07) is 8.00. The lowest BCUT2D eigenvalue weighted by Crippen LogP contribution is -2.46. The number of hydrogen-bond donors (Lipinski definition) is 1. The van der Waals surface area contributed by atoms with E-state index in [0.29, 0.717) is 31.3 Å². The number of carbonyl (C=O) groups is 1. The first-order valence-corrected chi connectivity index (χ1v) is 12.0. The van der Waals surface area contributed by atoms with Crippen molar-refractivity contribution in [2.75, 3.05) is 23.3 Å². The molecule has 1 fully saturated rings. The van der Waals surface area contributed by atoms with Gasteiger partial charge in [0.2, 0.25) is 5.95 Å². The summed E-state index contributed by atoms with van der Waals surface area (Å²) in [4.78, 5) is 26.9. The number of anilines is 2. The highest BCUT2D eigenvalue weighted by molar-refractivity contribution is 6.30. The highest BCUT2D eigenvalue weighted by atomic mass is 35.5. The molecule has 178 valence electrons. The Morgan fingerprint density at radius 3 is 2.39 bits per heavy atom. The molecule has 1 saturated heterocycles. The van der Waals surface area contributed by atoms with Gasteiger partial charge in [-0.1, -0.05) is 23.7 Å². The van der Waals surface area contributed by atoms with E-state index in [9.17, 15) is 4.79 Å². The fourth-order valence-corrected chi connectivity index (χ4v) is 4.78. The van der Waals surface area contributed by atoms with Crippen LogP contribution in [0.5, 0.6) is 0 Å². The molecule has 2 aliphatic heterocycles. The van der Waals surface area contributed by atoms with Gasteiger partial charge < -0.3 is 19.9 Å². The van der Waals surface area contributed by atoms with Gasteiger partial charge in [0, 0.05) is 35.3 Å². The van der Waals surface area contributed by atoms with E-state index in [1.165, 1.54) is 5.56 Å². The molecule has 7 nitrogen and oxygen atoms in total. The Morgan fingerprint density at radius 2 is 1.79 bits per heavy atom. The zero-order valence-corrected chi connectivity index (χ0v) is 21.1. The van der Waals surface area contributed by atoms with Gasteiger partial charge in [-0.2, -0.15) is 4.98 Å². The minimum absolute atomic E-state index is 0.0310. The Balaban J connectivity index is 1.68. The van der Waals surface area contributed by atoms with Gasteiger partial charge in [0.05, 0.1) is 18.8 Å². The predicted octanol–water partition coefficient (Wildman–Crippen LogP) is 4.54. The van der Waals surface area contributed by atoms with Gasteiger partial charge in [-0.15, -0.1) is 0 Å². The second-order valence-corrected chi connectivity index (χ2v) is 10.6. The molecular weight excluding hydrogens is 438 g/mol. The number of aromatic nitrogens is 2. The van der Waals surface area contributed by atoms with E-state index in [2.05, 4.69) is 37.9 Å². The normalized spacial score (nSPS) is 21.0. The summed E-state index contributed by atoms with van der Waals surface area (Å²) in [6.07, 6.45) is 0.934. The van der Waals surface area contributed by atoms with Crippen LogP contribution >= 0.6 is 11.6 Å². The molecular formula is C25H34ClN5O2. The quantitative estimate of drug-likeness (QED) is 0.666. The number of halogens is 1. The minimum Gasteiger partial charge on any atom is -0.372 e. The lowest BCUT2D eigenvalue weighted by Gasteiger charge is -2.36. The molecule has 33 heavy (non-hydrogen) atoms. The summed E-state index contributed by atoms with van der Waals surface area (Å²) >= 11 is 6.06. The van der Waals surface area contributed by atoms with Crippen LogP contribution in [0.4, 0.5) is 11.8 Å². The second kappa shape index (κ2) is 9.11. The summed E-state index contributed by atoms with van der Waals surface area (Å²) in [5.41, 5.74) is 2.26. The molecule has 1 N–H and O–H groups in total. The van der Waals surface area contributed by atoms with Gasteiger partial charge in [0.1, 0.15) is 11.5 Å². The van der Waals surface area contributed by atoms with E-state index < -0.39 is 0 Å². The summed E-state index contributed by atoms with van der Waals surface area (Å²) < 4.78 is 5.89. The molecule has 1 amide bonds. The number of fused-ring (bicyclic) bond motifs is 1. The molecule has 2 aliphatic rings. The summed E-state index contributed by atoms with van der Waals surface area (Å²) in [7, 11) is 0. The number of ether oxygens (including phenoxy) is 1. The standard InChI is InChI=1S/C25H34ClN5O2/c1-15(2)31-14-20-21(23(31)32)27-24(30-12-16(3)33-17(4)13-30)28-22(20)29-25(5,6)11-18-7-9-19(26)10-8-18/h7-10,15-17H,11-14H2,1-6H3,(H,27,28,29)/t16-,17+. The van der Waals surface area contributed by atoms with Crippen molar-refractivity contribution in [3.8, 4) is 0 Å². The van der Waals surface area contributed by atoms with Crippen LogP contribution < -0.4 is 10.2 Å². The van der Waals surface area contributed by atoms with Crippen LogP contribution in [0, 0.1) is 0 Å². The van der Waals surface area contributed by atoms with E-state index in [1.54, 1.807) is 0 Å². The van der Waals surface area contributed by atoms with Gasteiger partial charge in [0.25, 0.3) is 5.91 Å². The number of benzene rings is 1. The maximum absolute atomic E-state index is 13.2. The molecule has 8 heteroatoms. The highest BCUT2D eigenvalue weighted by Crippen LogP contribution is 2.33. The first kappa shape index (κ1) is 23.8. The molecule has 3 heterocycles. The Morgan fingerprint density at radius 1 is 1.15 bits per heavy atom. The van der Waals surface area contributed by atoms with Crippen molar-refractivity contribution < 1.29 is 9.53 Å². The molecule has 2 aromatic rings. The van der Waals surface area contributed by atoms with Gasteiger partial charge >= 0.3 is 0 Å². The van der Waals surface area contributed by atoms with Crippen LogP contribution in [0.25, 0.3) is 0 Å². The van der Waals surface area contributed by atoms with Crippen LogP contribution in [0.1, 0.15) is 63.2 Å². The third-order valence-corrected chi connectivity index (χ3v) is 6.38. The van der Waals surface area contributed by atoms with Crippen molar-refractivity contribution in [2.24, 2.45) is 0 Å². The molecule has 0 aliphatic carbocycles. The molecule has 1 aromatic heterocycles. The molecule has 0 saturated carbocycles. The van der Waals surface area contributed by atoms with Crippen molar-refractivity contribution >= 4 is 29.3 Å². The number of nitrogens with one attached hydrogen (secondary N) is 1. The van der Waals surface area contributed by atoms with Crippen LogP contribution in [0.15, 0.2) is 24.3 Å². The van der Waals surface area contributed by atoms with Crippen LogP contribution in [-0.2, 0) is 17.7 Å². The zero-order chi connectivity index (χ0) is 23.9. The smallest absolute Gasteiger partial charge is 0.273 e. The summed E-state index contributed by atoms with van der Waals surface area (Å²) in [5, 5.41) is 4.37. The van der Waals surface area contributed by atoms with Gasteiger partial charge in [-0.25, -0.2) is 4.98 Å². The maximum Gasteiger partial charge on any atom is 0.273 e. The van der Waals surface area contributed by atoms with Crippen molar-refractivity contribution in [1.29, 1.82) is 0 Å². The van der Waals surface area contributed by atoms with Crippen molar-refractivity contribution in [1.82, 2.24) is 14.9 Å². The number of morpholine rings is 1. The summed E-state index contributed by atoms with van der Waals surface area (Å²) in [6.45, 7) is 14.4. The average molecular weight is 472 g/mol. The Labute approximate surface area is 201 Å². The Bertz CT molecular complexity index is 1010. The minimum atomic E-state index is -0.298. The van der Waals surface area contributed by atoms with Gasteiger partial charge in [-0.05, 0) is 65.7 Å². The van der Waals surface area contributed by atoms with E-state index in [4.69, 9.17) is 26.3 Å². The molecule has 0 radical (unpaired) electrons. The van der Waals surface area contributed by atoms with Gasteiger partial charge in [0.15, 0.2) is 0 Å². The molecule has 0 unspecified atom stereocenters. The van der Waals surface area contributed by atoms with E-state index in [0.717, 1.165) is 22.8 Å². The predicted molar refractivity (Wildman–Crippen MR) is 132 cm³/mol. The number of carbonyl (C=O) groups excluding carboxylic acids is 1. The van der Waals surface area contributed by atoms with E-state index in [1.807, 2.05) is 43.0 Å². The second-order valence-electron chi connectivity index (χ2n) is 10.2. The number of nitrogens with zero attached hydrogens (tertiary/aromatic N) is 4. The van der Waals surface area contributed by atoms with Crippen LogP contribution in [0.2, 0.25) is 5.02 Å². The van der Waals surface area contributed by atoms with Crippen molar-refractivity contribution in [3.63, 3.8) is 0 Å². The maximum atomic E-state index is 13.2. The molecule has 2 atom stereocenters. The third kappa shape index (κ3) is 5.25. The monoisotopic (exact) mass is 471 g/mol. The Kier molecular flexibility index (Phi) is 6.56. The van der Waals surface area contributed by atoms with E-state index >= 15 is 0 Å². The van der Waals surface area contributed by atoms with Gasteiger partial charge in [-0.3, -0.25) is 4.79 Å². The SMILES string of the molecule is CC(C)N1Cc2c(NC(C)(C)Cc3ccc(Cl)cc3)nc(N3C[C@@H](C)O[C@@H](C)C3)nc2C1=O. The fourth-order valence-electron chi connectivity index (χ4n) is 4.66. The van der Waals surface area contributed by atoms with Crippen molar-refractivity contribution in [2.45, 2.75) is 78.3 Å². The zero-order valence-electron chi connectivity index (χ0n) is 20.4. The largest absolute Gasteiger partial charge is 0.372 e. The molecule has 0 spiro atoms. The first-order chi connectivity index (χ1) is 15.5. The lowest BCUT2D eigenvalue weighted by molar-refractivity contribution is -0.00572. The fraction of sp³-hybridized carbons (Fsp3) is 0.560. The third-order valence-electron chi connectivity index (χ3n) is 6.13. The number of amides is 1. The van der Waals surface area contributed by atoms with E-state index in [-0.39, 0.29) is 29.7 Å². The first-order valence-electron chi connectivity index (χ1n) is 11.7. The highest BCUT2D eigenvalue weighted by Gasteiger charge is 2.36. The number of hydrogen-bond acceptors (Lipinski definition) is 6. The molecule has 4 rings (SSSR count). The van der Waals surface area contributed by atoms with Crippen LogP contribution in [0.3, 0.4) is 0 Å². The summed E-state index contributed by atoms with van der Waals surface area (Å²) in [5.74, 6) is 1.29.